The standard InChI is InChI=1S/C15H23NOS/c1-4-11-8-14(17-2)13(9-15(11)18-3)12-6-5-7-16-10-12/h8-9,12,16H,4-7,10H2,1-3H3. The van der Waals surface area contributed by atoms with Crippen LogP contribution in [0.5, 0.6) is 5.75 Å². The molecule has 2 rings (SSSR count). The molecule has 1 unspecified atom stereocenters. The van der Waals surface area contributed by atoms with Crippen molar-refractivity contribution in [2.45, 2.75) is 37.0 Å². The number of aryl methyl sites for hydroxylation is 1. The summed E-state index contributed by atoms with van der Waals surface area (Å²) in [7, 11) is 1.79. The normalized spacial score (nSPS) is 19.8. The summed E-state index contributed by atoms with van der Waals surface area (Å²) in [6.07, 6.45) is 5.75. The molecule has 1 fully saturated rings. The van der Waals surface area contributed by atoms with Gasteiger partial charge in [-0.15, -0.1) is 11.8 Å². The molecule has 1 aliphatic rings. The van der Waals surface area contributed by atoms with Crippen LogP contribution in [0.25, 0.3) is 0 Å². The first kappa shape index (κ1) is 13.8. The maximum absolute atomic E-state index is 5.60. The summed E-state index contributed by atoms with van der Waals surface area (Å²) in [5, 5.41) is 3.49. The van der Waals surface area contributed by atoms with Crippen molar-refractivity contribution in [3.8, 4) is 5.75 Å². The fraction of sp³-hybridized carbons (Fsp3) is 0.600. The lowest BCUT2D eigenvalue weighted by Gasteiger charge is -2.26. The van der Waals surface area contributed by atoms with Crippen LogP contribution in [0.4, 0.5) is 0 Å². The van der Waals surface area contributed by atoms with Crippen molar-refractivity contribution in [3.63, 3.8) is 0 Å². The molecule has 1 heterocycles. The molecule has 0 spiro atoms. The molecular formula is C15H23NOS. The maximum Gasteiger partial charge on any atom is 0.122 e. The molecule has 1 N–H and O–H groups in total. The number of ether oxygens (including phenoxy) is 1. The third-order valence-electron chi connectivity index (χ3n) is 3.75. The largest absolute Gasteiger partial charge is 0.496 e. The second kappa shape index (κ2) is 6.48. The van der Waals surface area contributed by atoms with E-state index in [2.05, 4.69) is 30.6 Å². The third-order valence-corrected chi connectivity index (χ3v) is 4.57. The predicted octanol–water partition coefficient (Wildman–Crippen LogP) is 3.45. The van der Waals surface area contributed by atoms with Gasteiger partial charge < -0.3 is 10.1 Å². The smallest absolute Gasteiger partial charge is 0.122 e. The fourth-order valence-electron chi connectivity index (χ4n) is 2.70. The summed E-state index contributed by atoms with van der Waals surface area (Å²) in [4.78, 5) is 1.40. The van der Waals surface area contributed by atoms with Crippen LogP contribution < -0.4 is 10.1 Å². The van der Waals surface area contributed by atoms with Gasteiger partial charge >= 0.3 is 0 Å². The van der Waals surface area contributed by atoms with E-state index in [0.29, 0.717) is 5.92 Å². The van der Waals surface area contributed by atoms with E-state index in [1.807, 2.05) is 11.8 Å². The summed E-state index contributed by atoms with van der Waals surface area (Å²) in [5.41, 5.74) is 2.78. The number of benzene rings is 1. The highest BCUT2D eigenvalue weighted by molar-refractivity contribution is 7.98. The summed E-state index contributed by atoms with van der Waals surface area (Å²) >= 11 is 1.84. The third kappa shape index (κ3) is 2.83. The van der Waals surface area contributed by atoms with Crippen LogP contribution in [0.15, 0.2) is 17.0 Å². The average molecular weight is 265 g/mol. The minimum Gasteiger partial charge on any atom is -0.496 e. The highest BCUT2D eigenvalue weighted by Gasteiger charge is 2.20. The summed E-state index contributed by atoms with van der Waals surface area (Å²) < 4.78 is 5.60. The molecule has 1 aromatic rings. The van der Waals surface area contributed by atoms with Gasteiger partial charge in [-0.3, -0.25) is 0 Å². The maximum atomic E-state index is 5.60. The van der Waals surface area contributed by atoms with Crippen LogP contribution in [0.3, 0.4) is 0 Å². The fourth-order valence-corrected chi connectivity index (χ4v) is 3.41. The van der Waals surface area contributed by atoms with Gasteiger partial charge in [-0.25, -0.2) is 0 Å². The number of hydrogen-bond donors (Lipinski definition) is 1. The Morgan fingerprint density at radius 3 is 2.83 bits per heavy atom. The van der Waals surface area contributed by atoms with Gasteiger partial charge in [-0.05, 0) is 55.3 Å². The Morgan fingerprint density at radius 2 is 2.28 bits per heavy atom. The topological polar surface area (TPSA) is 21.3 Å². The van der Waals surface area contributed by atoms with Gasteiger partial charge in [0.2, 0.25) is 0 Å². The molecule has 1 atom stereocenters. The van der Waals surface area contributed by atoms with Crippen molar-refractivity contribution in [2.24, 2.45) is 0 Å². The molecular weight excluding hydrogens is 242 g/mol. The SMILES string of the molecule is CCc1cc(OC)c(C2CCCNC2)cc1SC. The summed E-state index contributed by atoms with van der Waals surface area (Å²) in [6.45, 7) is 4.44. The lowest BCUT2D eigenvalue weighted by Crippen LogP contribution is -2.28. The van der Waals surface area contributed by atoms with Gasteiger partial charge in [0.1, 0.15) is 5.75 Å². The first-order chi connectivity index (χ1) is 8.80. The van der Waals surface area contributed by atoms with E-state index < -0.39 is 0 Å². The van der Waals surface area contributed by atoms with Crippen molar-refractivity contribution in [1.29, 1.82) is 0 Å². The number of methoxy groups -OCH3 is 1. The Balaban J connectivity index is 2.37. The van der Waals surface area contributed by atoms with Gasteiger partial charge in [-0.1, -0.05) is 6.92 Å². The second-order valence-corrected chi connectivity index (χ2v) is 5.65. The molecule has 1 aliphatic heterocycles. The monoisotopic (exact) mass is 265 g/mol. The van der Waals surface area contributed by atoms with Gasteiger partial charge in [0.15, 0.2) is 0 Å². The molecule has 2 nitrogen and oxygen atoms in total. The molecule has 0 radical (unpaired) electrons. The Morgan fingerprint density at radius 1 is 1.44 bits per heavy atom. The van der Waals surface area contributed by atoms with Crippen molar-refractivity contribution in [2.75, 3.05) is 26.5 Å². The lowest BCUT2D eigenvalue weighted by atomic mass is 9.90. The zero-order chi connectivity index (χ0) is 13.0. The molecule has 18 heavy (non-hydrogen) atoms. The van der Waals surface area contributed by atoms with E-state index in [1.54, 1.807) is 7.11 Å². The molecule has 0 aromatic heterocycles. The van der Waals surface area contributed by atoms with Crippen molar-refractivity contribution >= 4 is 11.8 Å². The van der Waals surface area contributed by atoms with E-state index in [-0.39, 0.29) is 0 Å². The number of piperidine rings is 1. The number of nitrogens with one attached hydrogen (secondary N) is 1. The zero-order valence-corrected chi connectivity index (χ0v) is 12.4. The highest BCUT2D eigenvalue weighted by atomic mass is 32.2. The molecule has 0 bridgehead atoms. The van der Waals surface area contributed by atoms with Crippen molar-refractivity contribution < 1.29 is 4.74 Å². The van der Waals surface area contributed by atoms with Gasteiger partial charge in [0, 0.05) is 17.4 Å². The van der Waals surface area contributed by atoms with E-state index in [0.717, 1.165) is 25.3 Å². The number of rotatable bonds is 4. The summed E-state index contributed by atoms with van der Waals surface area (Å²) in [5.74, 6) is 1.67. The van der Waals surface area contributed by atoms with Crippen LogP contribution in [-0.4, -0.2) is 26.5 Å². The minimum absolute atomic E-state index is 0.602. The van der Waals surface area contributed by atoms with Crippen molar-refractivity contribution in [1.82, 2.24) is 5.32 Å². The van der Waals surface area contributed by atoms with E-state index >= 15 is 0 Å². The minimum atomic E-state index is 0.602. The zero-order valence-electron chi connectivity index (χ0n) is 11.6. The average Bonchev–Trinajstić information content (AvgIpc) is 2.46. The first-order valence-corrected chi connectivity index (χ1v) is 7.98. The van der Waals surface area contributed by atoms with Crippen molar-refractivity contribution in [3.05, 3.63) is 23.3 Å². The van der Waals surface area contributed by atoms with Gasteiger partial charge in [0.05, 0.1) is 7.11 Å². The van der Waals surface area contributed by atoms with E-state index in [4.69, 9.17) is 4.74 Å². The van der Waals surface area contributed by atoms with Crippen LogP contribution in [0, 0.1) is 0 Å². The second-order valence-electron chi connectivity index (χ2n) is 4.80. The number of hydrogen-bond acceptors (Lipinski definition) is 3. The molecule has 0 saturated carbocycles. The molecule has 3 heteroatoms. The van der Waals surface area contributed by atoms with Crippen LogP contribution in [-0.2, 0) is 6.42 Å². The Labute approximate surface area is 114 Å². The Hall–Kier alpha value is -0.670. The highest BCUT2D eigenvalue weighted by Crippen LogP contribution is 2.36. The van der Waals surface area contributed by atoms with Gasteiger partial charge in [0.25, 0.3) is 0 Å². The molecule has 100 valence electrons. The Bertz CT molecular complexity index is 400. The predicted molar refractivity (Wildman–Crippen MR) is 79.0 cm³/mol. The quantitative estimate of drug-likeness (QED) is 0.843. The molecule has 1 saturated heterocycles. The van der Waals surface area contributed by atoms with Crippen LogP contribution in [0.1, 0.15) is 36.8 Å². The van der Waals surface area contributed by atoms with E-state index in [9.17, 15) is 0 Å². The Kier molecular flexibility index (Phi) is 4.95. The summed E-state index contributed by atoms with van der Waals surface area (Å²) in [6, 6.07) is 4.58. The number of thioether (sulfide) groups is 1. The first-order valence-electron chi connectivity index (χ1n) is 6.75. The lowest BCUT2D eigenvalue weighted by molar-refractivity contribution is 0.391. The van der Waals surface area contributed by atoms with Gasteiger partial charge in [-0.2, -0.15) is 0 Å². The molecule has 0 amide bonds. The van der Waals surface area contributed by atoms with Crippen LogP contribution >= 0.6 is 11.8 Å². The van der Waals surface area contributed by atoms with E-state index in [1.165, 1.54) is 28.9 Å². The molecule has 0 aliphatic carbocycles. The van der Waals surface area contributed by atoms with Crippen LogP contribution in [0.2, 0.25) is 0 Å². The molecule has 1 aromatic carbocycles.